The minimum Gasteiger partial charge on any atom is -0.497 e. The maximum Gasteiger partial charge on any atom is 0.187 e. The minimum absolute atomic E-state index is 0.464. The van der Waals surface area contributed by atoms with Crippen molar-refractivity contribution in [2.45, 2.75) is 13.5 Å². The predicted molar refractivity (Wildman–Crippen MR) is 92.0 cm³/mol. The average molecular weight is 314 g/mol. The van der Waals surface area contributed by atoms with Gasteiger partial charge >= 0.3 is 0 Å². The van der Waals surface area contributed by atoms with Gasteiger partial charge in [-0.1, -0.05) is 18.2 Å². The standard InChI is InChI=1S/C16H18N4OS/c1-12(15-5-3-4-10-17-15)19-20-16(22)18-11-13-6-8-14(21-2)9-7-13/h3-10H,11H2,1-2H3,(H2,18,20,22)/b19-12+. The van der Waals surface area contributed by atoms with Crippen LogP contribution in [0.3, 0.4) is 0 Å². The highest BCUT2D eigenvalue weighted by Crippen LogP contribution is 2.10. The number of nitrogens with zero attached hydrogens (tertiary/aromatic N) is 2. The molecule has 0 saturated carbocycles. The number of rotatable bonds is 5. The molecular formula is C16H18N4OS. The number of thiocarbonyl (C=S) groups is 1. The summed E-state index contributed by atoms with van der Waals surface area (Å²) < 4.78 is 5.12. The first-order valence-electron chi connectivity index (χ1n) is 6.81. The number of ether oxygens (including phenoxy) is 1. The maximum atomic E-state index is 5.20. The van der Waals surface area contributed by atoms with E-state index in [2.05, 4.69) is 20.8 Å². The Hall–Kier alpha value is -2.47. The predicted octanol–water partition coefficient (Wildman–Crippen LogP) is 2.48. The van der Waals surface area contributed by atoms with Crippen LogP contribution in [0.5, 0.6) is 5.75 Å². The molecule has 0 unspecified atom stereocenters. The van der Waals surface area contributed by atoms with E-state index in [0.717, 1.165) is 22.7 Å². The fourth-order valence-corrected chi connectivity index (χ4v) is 1.85. The molecule has 0 bridgehead atoms. The zero-order chi connectivity index (χ0) is 15.8. The quantitative estimate of drug-likeness (QED) is 0.504. The van der Waals surface area contributed by atoms with Gasteiger partial charge in [-0.3, -0.25) is 10.4 Å². The van der Waals surface area contributed by atoms with Crippen molar-refractivity contribution in [3.05, 3.63) is 59.9 Å². The second-order valence-corrected chi connectivity index (χ2v) is 4.96. The lowest BCUT2D eigenvalue weighted by atomic mass is 10.2. The number of methoxy groups -OCH3 is 1. The Kier molecular flexibility index (Phi) is 5.85. The van der Waals surface area contributed by atoms with E-state index in [1.54, 1.807) is 13.3 Å². The third-order valence-corrected chi connectivity index (χ3v) is 3.21. The van der Waals surface area contributed by atoms with Crippen molar-refractivity contribution in [3.63, 3.8) is 0 Å². The van der Waals surface area contributed by atoms with Gasteiger partial charge in [0, 0.05) is 12.7 Å². The molecule has 22 heavy (non-hydrogen) atoms. The lowest BCUT2D eigenvalue weighted by Crippen LogP contribution is -2.32. The van der Waals surface area contributed by atoms with Crippen LogP contribution in [-0.4, -0.2) is 22.9 Å². The SMILES string of the molecule is COc1ccc(CNC(=S)N/N=C(\C)c2ccccn2)cc1. The first-order valence-corrected chi connectivity index (χ1v) is 7.22. The molecule has 114 valence electrons. The van der Waals surface area contributed by atoms with Crippen LogP contribution in [-0.2, 0) is 6.54 Å². The molecule has 0 fully saturated rings. The van der Waals surface area contributed by atoms with E-state index in [1.165, 1.54) is 0 Å². The van der Waals surface area contributed by atoms with Gasteiger partial charge in [0.2, 0.25) is 0 Å². The van der Waals surface area contributed by atoms with Crippen LogP contribution in [0.1, 0.15) is 18.2 Å². The number of nitrogens with one attached hydrogen (secondary N) is 2. The molecule has 5 nitrogen and oxygen atoms in total. The zero-order valence-electron chi connectivity index (χ0n) is 12.5. The van der Waals surface area contributed by atoms with E-state index in [-0.39, 0.29) is 0 Å². The molecule has 0 aliphatic carbocycles. The second-order valence-electron chi connectivity index (χ2n) is 4.55. The van der Waals surface area contributed by atoms with Crippen molar-refractivity contribution < 1.29 is 4.74 Å². The fraction of sp³-hybridized carbons (Fsp3) is 0.188. The van der Waals surface area contributed by atoms with E-state index < -0.39 is 0 Å². The third-order valence-electron chi connectivity index (χ3n) is 2.97. The molecule has 0 radical (unpaired) electrons. The van der Waals surface area contributed by atoms with Crippen molar-refractivity contribution in [1.29, 1.82) is 0 Å². The monoisotopic (exact) mass is 314 g/mol. The Labute approximate surface area is 135 Å². The normalized spacial score (nSPS) is 10.9. The fourth-order valence-electron chi connectivity index (χ4n) is 1.73. The third kappa shape index (κ3) is 4.82. The Balaban J connectivity index is 1.82. The summed E-state index contributed by atoms with van der Waals surface area (Å²) in [5.74, 6) is 0.833. The Bertz CT molecular complexity index is 641. The van der Waals surface area contributed by atoms with Gasteiger partial charge in [-0.05, 0) is 49.0 Å². The molecule has 0 saturated heterocycles. The summed E-state index contributed by atoms with van der Waals surface area (Å²) in [4.78, 5) is 4.22. The molecule has 0 aliphatic rings. The van der Waals surface area contributed by atoms with E-state index in [4.69, 9.17) is 17.0 Å². The summed E-state index contributed by atoms with van der Waals surface area (Å²) in [5, 5.41) is 7.77. The van der Waals surface area contributed by atoms with Crippen LogP contribution in [0.15, 0.2) is 53.8 Å². The second kappa shape index (κ2) is 8.09. The molecule has 2 aromatic rings. The zero-order valence-corrected chi connectivity index (χ0v) is 13.4. The van der Waals surface area contributed by atoms with E-state index in [1.807, 2.05) is 49.4 Å². The van der Waals surface area contributed by atoms with E-state index in [0.29, 0.717) is 11.7 Å². The minimum atomic E-state index is 0.464. The van der Waals surface area contributed by atoms with Crippen LogP contribution in [0.25, 0.3) is 0 Å². The van der Waals surface area contributed by atoms with Crippen LogP contribution in [0, 0.1) is 0 Å². The first kappa shape index (κ1) is 15.9. The summed E-state index contributed by atoms with van der Waals surface area (Å²) in [6, 6.07) is 13.5. The van der Waals surface area contributed by atoms with Gasteiger partial charge in [-0.25, -0.2) is 0 Å². The van der Waals surface area contributed by atoms with Crippen molar-refractivity contribution in [1.82, 2.24) is 15.7 Å². The van der Waals surface area contributed by atoms with Gasteiger partial charge in [-0.2, -0.15) is 5.10 Å². The van der Waals surface area contributed by atoms with Crippen molar-refractivity contribution in [2.75, 3.05) is 7.11 Å². The number of aromatic nitrogens is 1. The van der Waals surface area contributed by atoms with Gasteiger partial charge in [-0.15, -0.1) is 0 Å². The number of pyridine rings is 1. The van der Waals surface area contributed by atoms with Gasteiger partial charge in [0.1, 0.15) is 5.75 Å². The highest BCUT2D eigenvalue weighted by Gasteiger charge is 1.99. The van der Waals surface area contributed by atoms with Crippen molar-refractivity contribution in [3.8, 4) is 5.75 Å². The lowest BCUT2D eigenvalue weighted by molar-refractivity contribution is 0.414. The maximum absolute atomic E-state index is 5.20. The number of benzene rings is 1. The first-order chi connectivity index (χ1) is 10.7. The van der Waals surface area contributed by atoms with Crippen LogP contribution in [0.2, 0.25) is 0 Å². The Morgan fingerprint density at radius 3 is 2.64 bits per heavy atom. The van der Waals surface area contributed by atoms with E-state index >= 15 is 0 Å². The highest BCUT2D eigenvalue weighted by atomic mass is 32.1. The number of hydrazone groups is 1. The van der Waals surface area contributed by atoms with Gasteiger partial charge in [0.25, 0.3) is 0 Å². The van der Waals surface area contributed by atoms with Gasteiger partial charge in [0.15, 0.2) is 5.11 Å². The van der Waals surface area contributed by atoms with E-state index in [9.17, 15) is 0 Å². The number of hydrogen-bond acceptors (Lipinski definition) is 4. The topological polar surface area (TPSA) is 58.5 Å². The molecule has 1 heterocycles. The molecule has 0 atom stereocenters. The van der Waals surface area contributed by atoms with Crippen molar-refractivity contribution >= 4 is 23.0 Å². The molecule has 1 aromatic heterocycles. The molecule has 0 aliphatic heterocycles. The number of hydrogen-bond donors (Lipinski definition) is 2. The van der Waals surface area contributed by atoms with Gasteiger partial charge in [0.05, 0.1) is 18.5 Å². The summed E-state index contributed by atoms with van der Waals surface area (Å²) in [5.41, 5.74) is 5.51. The van der Waals surface area contributed by atoms with Crippen LogP contribution < -0.4 is 15.5 Å². The van der Waals surface area contributed by atoms with Crippen LogP contribution in [0.4, 0.5) is 0 Å². The summed E-state index contributed by atoms with van der Waals surface area (Å²) >= 11 is 5.20. The largest absolute Gasteiger partial charge is 0.497 e. The van der Waals surface area contributed by atoms with Gasteiger partial charge < -0.3 is 10.1 Å². The van der Waals surface area contributed by atoms with Crippen LogP contribution >= 0.6 is 12.2 Å². The smallest absolute Gasteiger partial charge is 0.187 e. The Morgan fingerprint density at radius 1 is 1.23 bits per heavy atom. The molecular weight excluding hydrogens is 296 g/mol. The highest BCUT2D eigenvalue weighted by molar-refractivity contribution is 7.80. The molecule has 2 rings (SSSR count). The molecule has 1 aromatic carbocycles. The lowest BCUT2D eigenvalue weighted by Gasteiger charge is -2.08. The summed E-state index contributed by atoms with van der Waals surface area (Å²) in [6.45, 7) is 2.50. The Morgan fingerprint density at radius 2 is 2.00 bits per heavy atom. The summed E-state index contributed by atoms with van der Waals surface area (Å²) in [7, 11) is 1.65. The molecule has 6 heteroatoms. The molecule has 0 amide bonds. The molecule has 2 N–H and O–H groups in total. The average Bonchev–Trinajstić information content (AvgIpc) is 2.59. The summed E-state index contributed by atoms with van der Waals surface area (Å²) in [6.07, 6.45) is 1.73. The molecule has 0 spiro atoms. The van der Waals surface area contributed by atoms with Crippen molar-refractivity contribution in [2.24, 2.45) is 5.10 Å².